The summed E-state index contributed by atoms with van der Waals surface area (Å²) >= 11 is 0.692. The number of anilines is 1. The van der Waals surface area contributed by atoms with Crippen molar-refractivity contribution in [3.63, 3.8) is 0 Å². The molecule has 0 atom stereocenters. The minimum atomic E-state index is -4.49. The van der Waals surface area contributed by atoms with E-state index in [1.54, 1.807) is 23.1 Å². The molecule has 0 radical (unpaired) electrons. The van der Waals surface area contributed by atoms with Gasteiger partial charge in [0.2, 0.25) is 11.0 Å². The number of hydrogen-bond donors (Lipinski definition) is 1. The van der Waals surface area contributed by atoms with Crippen LogP contribution in [-0.2, 0) is 12.7 Å². The van der Waals surface area contributed by atoms with Crippen molar-refractivity contribution in [2.75, 3.05) is 11.9 Å². The molecule has 0 unspecified atom stereocenters. The maximum absolute atomic E-state index is 12.2. The van der Waals surface area contributed by atoms with Crippen LogP contribution in [-0.4, -0.2) is 25.7 Å². The molecule has 0 amide bonds. The van der Waals surface area contributed by atoms with E-state index < -0.39 is 12.0 Å². The molecule has 0 saturated carbocycles. The molecule has 0 aliphatic heterocycles. The Balaban J connectivity index is 1.85. The van der Waals surface area contributed by atoms with E-state index in [1.807, 2.05) is 0 Å². The van der Waals surface area contributed by atoms with Crippen LogP contribution in [0.5, 0.6) is 0 Å². The van der Waals surface area contributed by atoms with Gasteiger partial charge in [-0.2, -0.15) is 27.6 Å². The zero-order valence-corrected chi connectivity index (χ0v) is 9.29. The summed E-state index contributed by atoms with van der Waals surface area (Å²) in [5, 5.41) is 6.87. The lowest BCUT2D eigenvalue weighted by molar-refractivity contribution is -0.144. The Bertz CT molecular complexity index is 464. The Morgan fingerprint density at radius 3 is 2.82 bits per heavy atom. The molecule has 17 heavy (non-hydrogen) atoms. The van der Waals surface area contributed by atoms with Gasteiger partial charge in [-0.3, -0.25) is 4.68 Å². The fourth-order valence-corrected chi connectivity index (χ4v) is 1.73. The van der Waals surface area contributed by atoms with Gasteiger partial charge < -0.3 is 5.32 Å². The Hall–Kier alpha value is -1.64. The molecule has 92 valence electrons. The second-order valence-electron chi connectivity index (χ2n) is 3.12. The molecule has 2 heterocycles. The number of hydrogen-bond acceptors (Lipinski definition) is 5. The summed E-state index contributed by atoms with van der Waals surface area (Å²) in [6, 6.07) is 1.77. The van der Waals surface area contributed by atoms with Crippen LogP contribution in [0.4, 0.5) is 18.3 Å². The molecule has 9 heteroatoms. The van der Waals surface area contributed by atoms with Crippen LogP contribution in [0.3, 0.4) is 0 Å². The van der Waals surface area contributed by atoms with Crippen LogP contribution < -0.4 is 5.32 Å². The molecule has 2 rings (SSSR count). The average molecular weight is 263 g/mol. The van der Waals surface area contributed by atoms with Gasteiger partial charge in [-0.25, -0.2) is 0 Å². The first-order valence-corrected chi connectivity index (χ1v) is 5.45. The van der Waals surface area contributed by atoms with E-state index in [1.165, 1.54) is 0 Å². The summed E-state index contributed by atoms with van der Waals surface area (Å²) in [7, 11) is 0. The van der Waals surface area contributed by atoms with Gasteiger partial charge in [-0.1, -0.05) is 0 Å². The standard InChI is InChI=1S/C8H8F3N5S/c9-8(10,11)6-14-7(17-15-6)12-3-5-16-4-1-2-13-16/h1-2,4H,3,5H2,(H,12,14,15). The van der Waals surface area contributed by atoms with Crippen molar-refractivity contribution in [2.24, 2.45) is 0 Å². The minimum Gasteiger partial charge on any atom is -0.358 e. The van der Waals surface area contributed by atoms with Gasteiger partial charge in [-0.15, -0.1) is 0 Å². The van der Waals surface area contributed by atoms with E-state index in [0.717, 1.165) is 0 Å². The lowest BCUT2D eigenvalue weighted by Gasteiger charge is -2.02. The van der Waals surface area contributed by atoms with E-state index in [9.17, 15) is 13.2 Å². The van der Waals surface area contributed by atoms with Crippen molar-refractivity contribution in [3.8, 4) is 0 Å². The second-order valence-corrected chi connectivity index (χ2v) is 3.87. The molecular formula is C8H8F3N5S. The molecule has 0 fully saturated rings. The smallest absolute Gasteiger partial charge is 0.358 e. The predicted octanol–water partition coefficient (Wildman–Crippen LogP) is 1.87. The number of aromatic nitrogens is 4. The first-order valence-electron chi connectivity index (χ1n) is 4.68. The molecule has 0 saturated heterocycles. The number of halogens is 3. The van der Waals surface area contributed by atoms with E-state index in [4.69, 9.17) is 0 Å². The van der Waals surface area contributed by atoms with Crippen molar-refractivity contribution in [3.05, 3.63) is 24.3 Å². The Labute approximate surface area is 98.5 Å². The molecular weight excluding hydrogens is 255 g/mol. The first-order chi connectivity index (χ1) is 8.05. The van der Waals surface area contributed by atoms with Gasteiger partial charge in [0.15, 0.2) is 0 Å². The van der Waals surface area contributed by atoms with Crippen molar-refractivity contribution < 1.29 is 13.2 Å². The van der Waals surface area contributed by atoms with Crippen LogP contribution in [0, 0.1) is 0 Å². The minimum absolute atomic E-state index is 0.157. The monoisotopic (exact) mass is 263 g/mol. The van der Waals surface area contributed by atoms with Crippen LogP contribution in [0.1, 0.15) is 5.82 Å². The highest BCUT2D eigenvalue weighted by molar-refractivity contribution is 7.09. The lowest BCUT2D eigenvalue weighted by Crippen LogP contribution is -2.11. The SMILES string of the molecule is FC(F)(F)c1nsc(NCCn2cccn2)n1. The van der Waals surface area contributed by atoms with E-state index in [-0.39, 0.29) is 5.13 Å². The van der Waals surface area contributed by atoms with Crippen molar-refractivity contribution >= 4 is 16.7 Å². The van der Waals surface area contributed by atoms with E-state index in [0.29, 0.717) is 24.6 Å². The number of nitrogens with zero attached hydrogens (tertiary/aromatic N) is 4. The highest BCUT2D eigenvalue weighted by atomic mass is 32.1. The van der Waals surface area contributed by atoms with Gasteiger partial charge in [0.1, 0.15) is 0 Å². The average Bonchev–Trinajstić information content (AvgIpc) is 2.86. The third-order valence-electron chi connectivity index (χ3n) is 1.86. The van der Waals surface area contributed by atoms with Crippen LogP contribution in [0.25, 0.3) is 0 Å². The maximum atomic E-state index is 12.2. The Morgan fingerprint density at radius 1 is 1.41 bits per heavy atom. The first kappa shape index (κ1) is 11.8. The van der Waals surface area contributed by atoms with Crippen molar-refractivity contribution in [2.45, 2.75) is 12.7 Å². The third kappa shape index (κ3) is 3.16. The van der Waals surface area contributed by atoms with Crippen LogP contribution in [0.2, 0.25) is 0 Å². The quantitative estimate of drug-likeness (QED) is 0.914. The molecule has 0 aliphatic rings. The molecule has 1 N–H and O–H groups in total. The normalized spacial score (nSPS) is 11.7. The number of alkyl halides is 3. The second kappa shape index (κ2) is 4.70. The Morgan fingerprint density at radius 2 is 2.24 bits per heavy atom. The number of nitrogens with one attached hydrogen (secondary N) is 1. The zero-order chi connectivity index (χ0) is 12.3. The van der Waals surface area contributed by atoms with Gasteiger partial charge in [-0.05, 0) is 6.07 Å². The van der Waals surface area contributed by atoms with E-state index in [2.05, 4.69) is 19.8 Å². The molecule has 0 aromatic carbocycles. The zero-order valence-electron chi connectivity index (χ0n) is 8.48. The highest BCUT2D eigenvalue weighted by Gasteiger charge is 2.36. The molecule has 0 spiro atoms. The van der Waals surface area contributed by atoms with Gasteiger partial charge >= 0.3 is 6.18 Å². The van der Waals surface area contributed by atoms with Crippen molar-refractivity contribution in [1.82, 2.24) is 19.1 Å². The summed E-state index contributed by atoms with van der Waals surface area (Å²) in [6.07, 6.45) is -1.09. The molecule has 5 nitrogen and oxygen atoms in total. The fourth-order valence-electron chi connectivity index (χ4n) is 1.12. The van der Waals surface area contributed by atoms with Crippen LogP contribution in [0.15, 0.2) is 18.5 Å². The van der Waals surface area contributed by atoms with Gasteiger partial charge in [0.25, 0.3) is 0 Å². The van der Waals surface area contributed by atoms with Crippen molar-refractivity contribution in [1.29, 1.82) is 0 Å². The fraction of sp³-hybridized carbons (Fsp3) is 0.375. The lowest BCUT2D eigenvalue weighted by atomic mass is 10.6. The third-order valence-corrected chi connectivity index (χ3v) is 2.53. The largest absolute Gasteiger partial charge is 0.452 e. The van der Waals surface area contributed by atoms with Gasteiger partial charge in [0, 0.05) is 30.5 Å². The van der Waals surface area contributed by atoms with E-state index >= 15 is 0 Å². The summed E-state index contributed by atoms with van der Waals surface area (Å²) in [6.45, 7) is 0.988. The topological polar surface area (TPSA) is 55.6 Å². The molecule has 2 aromatic rings. The molecule has 2 aromatic heterocycles. The summed E-state index contributed by atoms with van der Waals surface area (Å²) < 4.78 is 41.4. The Kier molecular flexibility index (Phi) is 3.27. The maximum Gasteiger partial charge on any atom is 0.452 e. The highest BCUT2D eigenvalue weighted by Crippen LogP contribution is 2.28. The van der Waals surface area contributed by atoms with Crippen LogP contribution >= 0.6 is 11.5 Å². The molecule has 0 bridgehead atoms. The number of rotatable bonds is 4. The summed E-state index contributed by atoms with van der Waals surface area (Å²) in [5.41, 5.74) is 0. The van der Waals surface area contributed by atoms with Gasteiger partial charge in [0.05, 0.1) is 6.54 Å². The molecule has 0 aliphatic carbocycles. The summed E-state index contributed by atoms with van der Waals surface area (Å²) in [4.78, 5) is 3.34. The predicted molar refractivity (Wildman–Crippen MR) is 55.6 cm³/mol. The summed E-state index contributed by atoms with van der Waals surface area (Å²) in [5.74, 6) is -1.11.